The van der Waals surface area contributed by atoms with Crippen molar-refractivity contribution in [2.45, 2.75) is 97.9 Å². The Balaban J connectivity index is 0.000000281. The number of phosphoric ester groups is 1. The van der Waals surface area contributed by atoms with E-state index in [1.807, 2.05) is 65.0 Å². The molecule has 408 valence electrons. The molecule has 0 radical (unpaired) electrons. The lowest BCUT2D eigenvalue weighted by Gasteiger charge is -2.24. The maximum absolute atomic E-state index is 13.2. The van der Waals surface area contributed by atoms with Crippen LogP contribution in [0.25, 0.3) is 22.5 Å². The fourth-order valence-corrected chi connectivity index (χ4v) is 7.76. The van der Waals surface area contributed by atoms with E-state index in [1.54, 1.807) is 76.0 Å². The van der Waals surface area contributed by atoms with E-state index in [0.717, 1.165) is 22.3 Å². The summed E-state index contributed by atoms with van der Waals surface area (Å²) in [5.74, 6) is -1.02. The summed E-state index contributed by atoms with van der Waals surface area (Å²) in [6.45, 7) is 13.8. The van der Waals surface area contributed by atoms with Crippen molar-refractivity contribution in [2.24, 2.45) is 0 Å². The molecule has 0 aliphatic carbocycles. The topological polar surface area (TPSA) is 317 Å². The van der Waals surface area contributed by atoms with E-state index >= 15 is 0 Å². The second-order valence-electron chi connectivity index (χ2n) is 18.3. The number of hydrogen-bond donors (Lipinski definition) is 10. The summed E-state index contributed by atoms with van der Waals surface area (Å²) in [4.78, 5) is 91.8. The highest BCUT2D eigenvalue weighted by molar-refractivity contribution is 7.46. The number of aromatic amines is 2. The van der Waals surface area contributed by atoms with Crippen LogP contribution in [0.15, 0.2) is 85.5 Å². The monoisotopic (exact) mass is 1090 g/mol. The second kappa shape index (κ2) is 27.7. The molecule has 4 aromatic heterocycles. The standard InChI is InChI=1S/C27H35ClN6O4.C25H32N5O7P/c1-6-20(14-35)32-26-31-12-16(2)23(34-26)18-11-21(30-13-18)24(36)33-22(17-8-7-9-19(28)10-17)15-38-25(37)27(3,4)29-5;1-5-20(13-37-38(33,34)35)28-25-27-11-16(3)23(30-25)19-10-21(26-12-19)24(32)29-22(14-36-17(4)31)18-8-6-7-15(2)9-18/h7-13,20,22,29-30,35H,6,14-15H2,1-5H3,(H,33,36)(H,31,32,34);6-12,20,22,26H,5,13-14H2,1-4H3,(H,29,32)(H,27,28,30)(H2,33,34,35)/t2*20-,22-/m11/s1. The third kappa shape index (κ3) is 17.8. The van der Waals surface area contributed by atoms with Crippen molar-refractivity contribution in [1.82, 2.24) is 45.9 Å². The summed E-state index contributed by atoms with van der Waals surface area (Å²) in [6, 6.07) is 16.2. The summed E-state index contributed by atoms with van der Waals surface area (Å²) in [5.41, 5.74) is 6.38. The van der Waals surface area contributed by atoms with Gasteiger partial charge >= 0.3 is 19.8 Å². The van der Waals surface area contributed by atoms with Crippen LogP contribution in [-0.2, 0) is 28.2 Å². The van der Waals surface area contributed by atoms with E-state index in [2.05, 4.69) is 61.0 Å². The minimum absolute atomic E-state index is 0.0114. The van der Waals surface area contributed by atoms with E-state index < -0.39 is 43.4 Å². The molecule has 0 unspecified atom stereocenters. The van der Waals surface area contributed by atoms with Gasteiger partial charge in [0.25, 0.3) is 11.8 Å². The Morgan fingerprint density at radius 1 is 0.737 bits per heavy atom. The number of aliphatic hydroxyl groups is 1. The number of phosphoric acid groups is 1. The first-order valence-corrected chi connectivity index (χ1v) is 26.3. The first-order valence-electron chi connectivity index (χ1n) is 24.3. The number of aliphatic hydroxyl groups excluding tert-OH is 1. The van der Waals surface area contributed by atoms with Crippen molar-refractivity contribution in [1.29, 1.82) is 0 Å². The molecular formula is C52H67ClN11O11P. The Morgan fingerprint density at radius 3 is 1.70 bits per heavy atom. The Morgan fingerprint density at radius 2 is 1.24 bits per heavy atom. The molecule has 0 aliphatic heterocycles. The molecule has 22 nitrogen and oxygen atoms in total. The van der Waals surface area contributed by atoms with Crippen LogP contribution in [-0.4, -0.2) is 120 Å². The predicted octanol–water partition coefficient (Wildman–Crippen LogP) is 7.05. The molecule has 2 amide bonds. The molecule has 0 saturated carbocycles. The zero-order valence-electron chi connectivity index (χ0n) is 43.9. The molecule has 0 saturated heterocycles. The Bertz CT molecular complexity index is 2980. The first kappa shape index (κ1) is 59.8. The number of carbonyl (C=O) groups is 4. The number of aryl methyl sites for hydroxylation is 3. The molecule has 10 N–H and O–H groups in total. The van der Waals surface area contributed by atoms with E-state index in [1.165, 1.54) is 6.92 Å². The van der Waals surface area contributed by atoms with Gasteiger partial charge in [0.05, 0.1) is 48.8 Å². The molecule has 6 rings (SSSR count). The number of carbonyl (C=O) groups excluding carboxylic acids is 4. The van der Waals surface area contributed by atoms with Gasteiger partial charge in [-0.3, -0.25) is 23.7 Å². The number of halogens is 1. The summed E-state index contributed by atoms with van der Waals surface area (Å²) >= 11 is 6.18. The number of aromatic nitrogens is 6. The normalized spacial score (nSPS) is 13.0. The van der Waals surface area contributed by atoms with Crippen molar-refractivity contribution in [3.8, 4) is 22.5 Å². The van der Waals surface area contributed by atoms with Gasteiger partial charge in [-0.25, -0.2) is 24.5 Å². The third-order valence-electron chi connectivity index (χ3n) is 11.9. The van der Waals surface area contributed by atoms with Crippen LogP contribution in [0.4, 0.5) is 11.9 Å². The molecule has 24 heteroatoms. The number of amides is 2. The zero-order chi connectivity index (χ0) is 55.7. The number of rotatable bonds is 24. The predicted molar refractivity (Wildman–Crippen MR) is 287 cm³/mol. The molecular weight excluding hydrogens is 1020 g/mol. The molecule has 4 atom stereocenters. The van der Waals surface area contributed by atoms with Crippen LogP contribution < -0.4 is 26.6 Å². The van der Waals surface area contributed by atoms with Crippen LogP contribution in [0.3, 0.4) is 0 Å². The molecule has 0 bridgehead atoms. The summed E-state index contributed by atoms with van der Waals surface area (Å²) in [7, 11) is -2.92. The quantitative estimate of drug-likeness (QED) is 0.0214. The van der Waals surface area contributed by atoms with E-state index in [0.29, 0.717) is 57.6 Å². The second-order valence-corrected chi connectivity index (χ2v) is 20.0. The van der Waals surface area contributed by atoms with Gasteiger partial charge in [0.2, 0.25) is 11.9 Å². The fourth-order valence-electron chi connectivity index (χ4n) is 7.19. The van der Waals surface area contributed by atoms with Crippen LogP contribution >= 0.6 is 19.4 Å². The minimum Gasteiger partial charge on any atom is -0.463 e. The van der Waals surface area contributed by atoms with Gasteiger partial charge in [-0.15, -0.1) is 0 Å². The number of esters is 2. The van der Waals surface area contributed by atoms with Gasteiger partial charge < -0.3 is 60.9 Å². The lowest BCUT2D eigenvalue weighted by atomic mass is 10.0. The smallest absolute Gasteiger partial charge is 0.463 e. The van der Waals surface area contributed by atoms with Gasteiger partial charge in [0, 0.05) is 47.9 Å². The van der Waals surface area contributed by atoms with Gasteiger partial charge in [-0.1, -0.05) is 67.4 Å². The van der Waals surface area contributed by atoms with Gasteiger partial charge in [-0.05, 0) is 101 Å². The maximum atomic E-state index is 13.2. The van der Waals surface area contributed by atoms with Crippen molar-refractivity contribution >= 4 is 55.1 Å². The molecule has 4 heterocycles. The van der Waals surface area contributed by atoms with Crippen LogP contribution in [0.1, 0.15) is 108 Å². The largest absolute Gasteiger partial charge is 0.469 e. The highest BCUT2D eigenvalue weighted by Gasteiger charge is 2.29. The molecule has 6 aromatic rings. The number of H-pyrrole nitrogens is 2. The van der Waals surface area contributed by atoms with Crippen LogP contribution in [0, 0.1) is 20.8 Å². The van der Waals surface area contributed by atoms with Crippen molar-refractivity contribution < 1.29 is 52.6 Å². The van der Waals surface area contributed by atoms with Crippen molar-refractivity contribution in [3.63, 3.8) is 0 Å². The number of anilines is 2. The lowest BCUT2D eigenvalue weighted by Crippen LogP contribution is -2.46. The van der Waals surface area contributed by atoms with E-state index in [-0.39, 0.29) is 55.9 Å². The number of likely N-dealkylation sites (N-methyl/N-ethyl adjacent to an activating group) is 1. The lowest BCUT2D eigenvalue weighted by molar-refractivity contribution is -0.150. The fraction of sp³-hybridized carbons (Fsp3) is 0.385. The molecule has 2 aromatic carbocycles. The molecule has 76 heavy (non-hydrogen) atoms. The summed E-state index contributed by atoms with van der Waals surface area (Å²) in [5, 5.41) is 24.9. The van der Waals surface area contributed by atoms with E-state index in [9.17, 15) is 28.8 Å². The average Bonchev–Trinajstić information content (AvgIpc) is 4.09. The van der Waals surface area contributed by atoms with Crippen molar-refractivity contribution in [3.05, 3.63) is 130 Å². The van der Waals surface area contributed by atoms with Gasteiger partial charge in [0.15, 0.2) is 0 Å². The van der Waals surface area contributed by atoms with Crippen LogP contribution in [0.5, 0.6) is 0 Å². The number of ether oxygens (including phenoxy) is 2. The number of hydrogen-bond acceptors (Lipinski definition) is 16. The van der Waals surface area contributed by atoms with Crippen molar-refractivity contribution in [2.75, 3.05) is 44.1 Å². The number of benzene rings is 2. The highest BCUT2D eigenvalue weighted by Crippen LogP contribution is 2.36. The Hall–Kier alpha value is -7.04. The average molecular weight is 1090 g/mol. The Kier molecular flexibility index (Phi) is 21.8. The highest BCUT2D eigenvalue weighted by atomic mass is 35.5. The van der Waals surface area contributed by atoms with Gasteiger partial charge in [0.1, 0.15) is 30.1 Å². The maximum Gasteiger partial charge on any atom is 0.469 e. The first-order chi connectivity index (χ1) is 36.0. The Labute approximate surface area is 446 Å². The number of nitrogens with zero attached hydrogens (tertiary/aromatic N) is 4. The number of nitrogens with one attached hydrogen (secondary N) is 7. The minimum atomic E-state index is -4.60. The van der Waals surface area contributed by atoms with Crippen LogP contribution in [0.2, 0.25) is 5.02 Å². The molecule has 0 fully saturated rings. The van der Waals surface area contributed by atoms with Gasteiger partial charge in [-0.2, -0.15) is 0 Å². The molecule has 0 aliphatic rings. The summed E-state index contributed by atoms with van der Waals surface area (Å²) in [6.07, 6.45) is 7.87. The molecule has 0 spiro atoms. The van der Waals surface area contributed by atoms with E-state index in [4.69, 9.17) is 30.9 Å². The summed E-state index contributed by atoms with van der Waals surface area (Å²) < 4.78 is 26.3. The third-order valence-corrected chi connectivity index (χ3v) is 12.7. The zero-order valence-corrected chi connectivity index (χ0v) is 45.5. The SMILES string of the molecule is CC[C@H](CO)Nc1ncc(C)c(-c2c[nH]c(C(=O)N[C@H](COC(=O)C(C)(C)NC)c3cccc(Cl)c3)c2)n1.CC[C@H](COP(=O)(O)O)Nc1ncc(C)c(-c2c[nH]c(C(=O)N[C@H](COC(C)=O)c3cccc(C)c3)c2)n1.